The summed E-state index contributed by atoms with van der Waals surface area (Å²) >= 11 is 6.02. The minimum absolute atomic E-state index is 0.224. The topological polar surface area (TPSA) is 46.2 Å². The highest BCUT2D eigenvalue weighted by atomic mass is 35.5. The van der Waals surface area contributed by atoms with Crippen molar-refractivity contribution in [1.29, 1.82) is 0 Å². The molecule has 3 nitrogen and oxygen atoms in total. The van der Waals surface area contributed by atoms with Crippen molar-refractivity contribution in [1.82, 2.24) is 5.32 Å². The van der Waals surface area contributed by atoms with Crippen molar-refractivity contribution in [2.24, 2.45) is 0 Å². The number of halogens is 1. The molecule has 1 N–H and O–H groups in total. The first-order chi connectivity index (χ1) is 7.59. The Kier molecular flexibility index (Phi) is 3.52. The Hall–Kier alpha value is -0.580. The van der Waals surface area contributed by atoms with Crippen LogP contribution >= 0.6 is 11.6 Å². The zero-order valence-electron chi connectivity index (χ0n) is 8.82. The molecule has 5 heteroatoms. The summed E-state index contributed by atoms with van der Waals surface area (Å²) in [5.41, 5.74) is 0.904. The van der Waals surface area contributed by atoms with Crippen LogP contribution in [0, 0.1) is 0 Å². The zero-order valence-corrected chi connectivity index (χ0v) is 10.4. The summed E-state index contributed by atoms with van der Waals surface area (Å²) < 4.78 is 23.6. The molecule has 0 bridgehead atoms. The summed E-state index contributed by atoms with van der Waals surface area (Å²) in [7, 11) is -2.96. The lowest BCUT2D eigenvalue weighted by molar-refractivity contribution is 0.544. The van der Waals surface area contributed by atoms with Crippen LogP contribution in [0.4, 0.5) is 0 Å². The van der Waals surface area contributed by atoms with E-state index in [1.165, 1.54) is 0 Å². The summed E-state index contributed by atoms with van der Waals surface area (Å²) in [4.78, 5) is 0. The standard InChI is InChI=1S/C11H14ClNO2S/c12-11-4-2-1-3-9(11)7-10-8-13-5-6-16(10,14)15/h1-4,10,13H,5-8H2. The maximum absolute atomic E-state index is 11.8. The second kappa shape index (κ2) is 4.73. The van der Waals surface area contributed by atoms with Crippen molar-refractivity contribution in [2.45, 2.75) is 11.7 Å². The highest BCUT2D eigenvalue weighted by Gasteiger charge is 2.28. The van der Waals surface area contributed by atoms with Crippen molar-refractivity contribution in [3.05, 3.63) is 34.9 Å². The second-order valence-electron chi connectivity index (χ2n) is 3.99. The molecule has 2 rings (SSSR count). The average Bonchev–Trinajstić information content (AvgIpc) is 2.24. The molecule has 1 saturated heterocycles. The fourth-order valence-corrected chi connectivity index (χ4v) is 3.66. The summed E-state index contributed by atoms with van der Waals surface area (Å²) in [6.45, 7) is 1.08. The van der Waals surface area contributed by atoms with Crippen molar-refractivity contribution in [3.8, 4) is 0 Å². The van der Waals surface area contributed by atoms with Crippen LogP contribution in [0.3, 0.4) is 0 Å². The highest BCUT2D eigenvalue weighted by Crippen LogP contribution is 2.20. The van der Waals surface area contributed by atoms with Gasteiger partial charge in [-0.1, -0.05) is 29.8 Å². The van der Waals surface area contributed by atoms with Gasteiger partial charge in [0.2, 0.25) is 0 Å². The highest BCUT2D eigenvalue weighted by molar-refractivity contribution is 7.92. The van der Waals surface area contributed by atoms with Gasteiger partial charge in [0, 0.05) is 18.1 Å². The van der Waals surface area contributed by atoms with Crippen LogP contribution in [-0.4, -0.2) is 32.5 Å². The van der Waals surface area contributed by atoms with Gasteiger partial charge in [0.05, 0.1) is 11.0 Å². The van der Waals surface area contributed by atoms with Crippen LogP contribution in [0.25, 0.3) is 0 Å². The molecule has 88 valence electrons. The van der Waals surface area contributed by atoms with E-state index in [0.29, 0.717) is 24.5 Å². The third-order valence-corrected chi connectivity index (χ3v) is 5.34. The van der Waals surface area contributed by atoms with E-state index in [1.54, 1.807) is 6.07 Å². The predicted molar refractivity (Wildman–Crippen MR) is 65.6 cm³/mol. The summed E-state index contributed by atoms with van der Waals surface area (Å²) in [5.74, 6) is 0.224. The normalized spacial score (nSPS) is 24.2. The first-order valence-corrected chi connectivity index (χ1v) is 7.34. The third kappa shape index (κ3) is 2.56. The lowest BCUT2D eigenvalue weighted by Crippen LogP contribution is -2.45. The fourth-order valence-electron chi connectivity index (χ4n) is 1.88. The second-order valence-corrected chi connectivity index (χ2v) is 6.80. The van der Waals surface area contributed by atoms with Crippen LogP contribution < -0.4 is 5.32 Å². The Morgan fingerprint density at radius 2 is 2.12 bits per heavy atom. The summed E-state index contributed by atoms with van der Waals surface area (Å²) in [6.07, 6.45) is 0.495. The van der Waals surface area contributed by atoms with Crippen LogP contribution in [0.2, 0.25) is 5.02 Å². The van der Waals surface area contributed by atoms with Crippen molar-refractivity contribution >= 4 is 21.4 Å². The number of rotatable bonds is 2. The van der Waals surface area contributed by atoms with Gasteiger partial charge in [-0.05, 0) is 18.1 Å². The molecule has 1 atom stereocenters. The SMILES string of the molecule is O=S1(=O)CCNCC1Cc1ccccc1Cl. The molecule has 1 fully saturated rings. The molecule has 1 unspecified atom stereocenters. The number of benzene rings is 1. The van der Waals surface area contributed by atoms with Crippen LogP contribution in [0.1, 0.15) is 5.56 Å². The van der Waals surface area contributed by atoms with Crippen LogP contribution in [0.15, 0.2) is 24.3 Å². The molecule has 0 aliphatic carbocycles. The zero-order chi connectivity index (χ0) is 11.6. The Morgan fingerprint density at radius 3 is 2.81 bits per heavy atom. The van der Waals surface area contributed by atoms with Gasteiger partial charge in [0.25, 0.3) is 0 Å². The summed E-state index contributed by atoms with van der Waals surface area (Å²) in [6, 6.07) is 7.40. The molecule has 1 aromatic rings. The Morgan fingerprint density at radius 1 is 1.38 bits per heavy atom. The molecule has 0 spiro atoms. The molecule has 0 aromatic heterocycles. The van der Waals surface area contributed by atoms with E-state index in [-0.39, 0.29) is 11.0 Å². The molecule has 0 amide bonds. The minimum atomic E-state index is -2.96. The van der Waals surface area contributed by atoms with E-state index in [1.807, 2.05) is 18.2 Å². The smallest absolute Gasteiger partial charge is 0.155 e. The van der Waals surface area contributed by atoms with Gasteiger partial charge in [0.15, 0.2) is 9.84 Å². The van der Waals surface area contributed by atoms with Gasteiger partial charge in [-0.25, -0.2) is 8.42 Å². The molecule has 1 aliphatic rings. The van der Waals surface area contributed by atoms with Crippen LogP contribution in [0.5, 0.6) is 0 Å². The number of sulfone groups is 1. The molecule has 16 heavy (non-hydrogen) atoms. The molecular weight excluding hydrogens is 246 g/mol. The quantitative estimate of drug-likeness (QED) is 0.870. The first kappa shape index (κ1) is 11.9. The van der Waals surface area contributed by atoms with E-state index in [9.17, 15) is 8.42 Å². The van der Waals surface area contributed by atoms with Crippen LogP contribution in [-0.2, 0) is 16.3 Å². The van der Waals surface area contributed by atoms with Gasteiger partial charge in [0.1, 0.15) is 0 Å². The molecule has 1 aliphatic heterocycles. The van der Waals surface area contributed by atoms with E-state index in [4.69, 9.17) is 11.6 Å². The minimum Gasteiger partial charge on any atom is -0.314 e. The molecule has 0 radical (unpaired) electrons. The largest absolute Gasteiger partial charge is 0.314 e. The van der Waals surface area contributed by atoms with E-state index in [0.717, 1.165) is 5.56 Å². The maximum atomic E-state index is 11.8. The van der Waals surface area contributed by atoms with Gasteiger partial charge < -0.3 is 5.32 Å². The van der Waals surface area contributed by atoms with Gasteiger partial charge in [-0.3, -0.25) is 0 Å². The number of hydrogen-bond acceptors (Lipinski definition) is 3. The predicted octanol–water partition coefficient (Wildman–Crippen LogP) is 1.27. The Labute approximate surface area is 101 Å². The molecule has 1 aromatic carbocycles. The fraction of sp³-hybridized carbons (Fsp3) is 0.455. The van der Waals surface area contributed by atoms with E-state index >= 15 is 0 Å². The third-order valence-electron chi connectivity index (χ3n) is 2.85. The van der Waals surface area contributed by atoms with Gasteiger partial charge in [-0.2, -0.15) is 0 Å². The van der Waals surface area contributed by atoms with Gasteiger partial charge >= 0.3 is 0 Å². The Balaban J connectivity index is 2.18. The van der Waals surface area contributed by atoms with Crippen molar-refractivity contribution < 1.29 is 8.42 Å². The maximum Gasteiger partial charge on any atom is 0.155 e. The number of hydrogen-bond donors (Lipinski definition) is 1. The first-order valence-electron chi connectivity index (χ1n) is 5.25. The Bertz CT molecular complexity index is 473. The van der Waals surface area contributed by atoms with Gasteiger partial charge in [-0.15, -0.1) is 0 Å². The van der Waals surface area contributed by atoms with E-state index < -0.39 is 9.84 Å². The molecule has 0 saturated carbocycles. The molecular formula is C11H14ClNO2S. The van der Waals surface area contributed by atoms with Crippen molar-refractivity contribution in [3.63, 3.8) is 0 Å². The average molecular weight is 260 g/mol. The van der Waals surface area contributed by atoms with Crippen molar-refractivity contribution in [2.75, 3.05) is 18.8 Å². The van der Waals surface area contributed by atoms with E-state index in [2.05, 4.69) is 5.32 Å². The molecule has 1 heterocycles. The number of nitrogens with one attached hydrogen (secondary N) is 1. The monoisotopic (exact) mass is 259 g/mol. The summed E-state index contributed by atoms with van der Waals surface area (Å²) in [5, 5.41) is 3.40. The lowest BCUT2D eigenvalue weighted by Gasteiger charge is -2.23. The lowest BCUT2D eigenvalue weighted by atomic mass is 10.1.